The second kappa shape index (κ2) is 8.37. The van der Waals surface area contributed by atoms with E-state index in [9.17, 15) is 4.79 Å². The van der Waals surface area contributed by atoms with E-state index in [0.717, 1.165) is 11.3 Å². The van der Waals surface area contributed by atoms with Crippen molar-refractivity contribution in [1.29, 1.82) is 0 Å². The molecule has 2 aromatic carbocycles. The molecule has 122 valence electrons. The van der Waals surface area contributed by atoms with Crippen LogP contribution in [0, 0.1) is 0 Å². The molecule has 0 heterocycles. The van der Waals surface area contributed by atoms with Crippen LogP contribution in [-0.4, -0.2) is 12.6 Å². The van der Waals surface area contributed by atoms with E-state index in [1.807, 2.05) is 55.5 Å². The van der Waals surface area contributed by atoms with Crippen molar-refractivity contribution in [3.05, 3.63) is 59.7 Å². The van der Waals surface area contributed by atoms with Crippen molar-refractivity contribution in [2.75, 3.05) is 6.61 Å². The number of hydrogen-bond donors (Lipinski definition) is 0. The summed E-state index contributed by atoms with van der Waals surface area (Å²) in [4.78, 5) is 11.9. The van der Waals surface area contributed by atoms with Crippen LogP contribution in [0.1, 0.15) is 44.2 Å². The zero-order valence-corrected chi connectivity index (χ0v) is 14.0. The standard InChI is InChI=1S/C20H24O3/c1-4-22-18-10-5-16(6-11-18)7-14-20(21)23-19-12-8-17(9-13-19)15(2)3/h5-6,8-13,15H,4,7,14H2,1-3H3. The summed E-state index contributed by atoms with van der Waals surface area (Å²) in [5, 5.41) is 0. The molecular formula is C20H24O3. The lowest BCUT2D eigenvalue weighted by molar-refractivity contribution is -0.134. The molecule has 0 atom stereocenters. The lowest BCUT2D eigenvalue weighted by Crippen LogP contribution is -2.09. The number of esters is 1. The number of aryl methyl sites for hydroxylation is 1. The summed E-state index contributed by atoms with van der Waals surface area (Å²) in [5.41, 5.74) is 2.33. The number of rotatable bonds is 7. The minimum absolute atomic E-state index is 0.212. The third-order valence-electron chi connectivity index (χ3n) is 3.63. The molecule has 0 aliphatic heterocycles. The Bertz CT molecular complexity index is 612. The SMILES string of the molecule is CCOc1ccc(CCC(=O)Oc2ccc(C(C)C)cc2)cc1. The molecule has 0 saturated carbocycles. The quantitative estimate of drug-likeness (QED) is 0.547. The highest BCUT2D eigenvalue weighted by Gasteiger charge is 2.07. The first-order chi connectivity index (χ1) is 11.1. The Labute approximate surface area is 138 Å². The Morgan fingerprint density at radius 3 is 2.13 bits per heavy atom. The van der Waals surface area contributed by atoms with Crippen LogP contribution in [-0.2, 0) is 11.2 Å². The Hall–Kier alpha value is -2.29. The van der Waals surface area contributed by atoms with E-state index in [4.69, 9.17) is 9.47 Å². The summed E-state index contributed by atoms with van der Waals surface area (Å²) >= 11 is 0. The van der Waals surface area contributed by atoms with E-state index in [-0.39, 0.29) is 5.97 Å². The Morgan fingerprint density at radius 2 is 1.57 bits per heavy atom. The fraction of sp³-hybridized carbons (Fsp3) is 0.350. The predicted octanol–water partition coefficient (Wildman–Crippen LogP) is 4.75. The molecule has 2 rings (SSSR count). The van der Waals surface area contributed by atoms with Crippen molar-refractivity contribution in [2.45, 2.75) is 39.5 Å². The van der Waals surface area contributed by atoms with Gasteiger partial charge in [0.15, 0.2) is 0 Å². The number of hydrogen-bond acceptors (Lipinski definition) is 3. The van der Waals surface area contributed by atoms with E-state index in [1.165, 1.54) is 5.56 Å². The molecule has 0 N–H and O–H groups in total. The van der Waals surface area contributed by atoms with Crippen molar-refractivity contribution in [2.24, 2.45) is 0 Å². The molecule has 3 heteroatoms. The van der Waals surface area contributed by atoms with Crippen LogP contribution in [0.15, 0.2) is 48.5 Å². The van der Waals surface area contributed by atoms with E-state index >= 15 is 0 Å². The van der Waals surface area contributed by atoms with Crippen molar-refractivity contribution in [3.8, 4) is 11.5 Å². The Kier molecular flexibility index (Phi) is 6.21. The molecule has 0 aliphatic rings. The lowest BCUT2D eigenvalue weighted by Gasteiger charge is -2.08. The van der Waals surface area contributed by atoms with Gasteiger partial charge in [0.2, 0.25) is 0 Å². The zero-order chi connectivity index (χ0) is 16.7. The van der Waals surface area contributed by atoms with Gasteiger partial charge in [-0.1, -0.05) is 38.1 Å². The molecule has 0 saturated heterocycles. The maximum atomic E-state index is 11.9. The molecular weight excluding hydrogens is 288 g/mol. The first-order valence-corrected chi connectivity index (χ1v) is 8.11. The highest BCUT2D eigenvalue weighted by Crippen LogP contribution is 2.19. The fourth-order valence-corrected chi connectivity index (χ4v) is 2.27. The molecule has 0 aromatic heterocycles. The molecule has 0 radical (unpaired) electrons. The van der Waals surface area contributed by atoms with Crippen LogP contribution in [0.5, 0.6) is 11.5 Å². The predicted molar refractivity (Wildman–Crippen MR) is 92.1 cm³/mol. The summed E-state index contributed by atoms with van der Waals surface area (Å²) in [7, 11) is 0. The first kappa shape index (κ1) is 17.1. The van der Waals surface area contributed by atoms with E-state index < -0.39 is 0 Å². The van der Waals surface area contributed by atoms with Gasteiger partial charge in [0.25, 0.3) is 0 Å². The topological polar surface area (TPSA) is 35.5 Å². The third-order valence-corrected chi connectivity index (χ3v) is 3.63. The average molecular weight is 312 g/mol. The van der Waals surface area contributed by atoms with Gasteiger partial charge in [-0.3, -0.25) is 4.79 Å². The smallest absolute Gasteiger partial charge is 0.311 e. The van der Waals surface area contributed by atoms with Gasteiger partial charge in [-0.15, -0.1) is 0 Å². The number of benzene rings is 2. The molecule has 0 unspecified atom stereocenters. The molecule has 0 aliphatic carbocycles. The number of carbonyl (C=O) groups is 1. The monoisotopic (exact) mass is 312 g/mol. The second-order valence-corrected chi connectivity index (χ2v) is 5.77. The number of carbonyl (C=O) groups excluding carboxylic acids is 1. The lowest BCUT2D eigenvalue weighted by atomic mass is 10.0. The minimum atomic E-state index is -0.212. The second-order valence-electron chi connectivity index (χ2n) is 5.77. The van der Waals surface area contributed by atoms with Crippen LogP contribution in [0.2, 0.25) is 0 Å². The summed E-state index contributed by atoms with van der Waals surface area (Å²) in [6.07, 6.45) is 1.02. The average Bonchev–Trinajstić information content (AvgIpc) is 2.55. The third kappa shape index (κ3) is 5.44. The molecule has 0 bridgehead atoms. The fourth-order valence-electron chi connectivity index (χ4n) is 2.27. The van der Waals surface area contributed by atoms with E-state index in [0.29, 0.717) is 31.1 Å². The summed E-state index contributed by atoms with van der Waals surface area (Å²) in [5.74, 6) is 1.71. The van der Waals surface area contributed by atoms with Crippen LogP contribution < -0.4 is 9.47 Å². The molecule has 2 aromatic rings. The summed E-state index contributed by atoms with van der Waals surface area (Å²) in [6, 6.07) is 15.5. The van der Waals surface area contributed by atoms with Gasteiger partial charge in [0.1, 0.15) is 11.5 Å². The van der Waals surface area contributed by atoms with Crippen LogP contribution in [0.4, 0.5) is 0 Å². The van der Waals surface area contributed by atoms with E-state index in [2.05, 4.69) is 13.8 Å². The highest BCUT2D eigenvalue weighted by molar-refractivity contribution is 5.72. The Morgan fingerprint density at radius 1 is 0.957 bits per heavy atom. The minimum Gasteiger partial charge on any atom is -0.494 e. The van der Waals surface area contributed by atoms with Gasteiger partial charge in [-0.2, -0.15) is 0 Å². The van der Waals surface area contributed by atoms with Crippen LogP contribution in [0.3, 0.4) is 0 Å². The van der Waals surface area contributed by atoms with Crippen molar-refractivity contribution in [3.63, 3.8) is 0 Å². The molecule has 23 heavy (non-hydrogen) atoms. The molecule has 0 spiro atoms. The van der Waals surface area contributed by atoms with Gasteiger partial charge in [0.05, 0.1) is 6.61 Å². The Balaban J connectivity index is 1.82. The van der Waals surface area contributed by atoms with Gasteiger partial charge < -0.3 is 9.47 Å². The van der Waals surface area contributed by atoms with E-state index in [1.54, 1.807) is 0 Å². The normalized spacial score (nSPS) is 10.6. The molecule has 0 fully saturated rings. The number of ether oxygens (including phenoxy) is 2. The maximum Gasteiger partial charge on any atom is 0.311 e. The van der Waals surface area contributed by atoms with Crippen molar-refractivity contribution in [1.82, 2.24) is 0 Å². The largest absolute Gasteiger partial charge is 0.494 e. The van der Waals surface area contributed by atoms with Gasteiger partial charge >= 0.3 is 5.97 Å². The summed E-state index contributed by atoms with van der Waals surface area (Å²) in [6.45, 7) is 6.88. The maximum absolute atomic E-state index is 11.9. The zero-order valence-electron chi connectivity index (χ0n) is 14.0. The first-order valence-electron chi connectivity index (χ1n) is 8.11. The highest BCUT2D eigenvalue weighted by atomic mass is 16.5. The van der Waals surface area contributed by atoms with Crippen molar-refractivity contribution < 1.29 is 14.3 Å². The van der Waals surface area contributed by atoms with Crippen LogP contribution >= 0.6 is 0 Å². The van der Waals surface area contributed by atoms with Crippen LogP contribution in [0.25, 0.3) is 0 Å². The van der Waals surface area contributed by atoms with Crippen molar-refractivity contribution >= 4 is 5.97 Å². The van der Waals surface area contributed by atoms with Gasteiger partial charge in [0, 0.05) is 6.42 Å². The summed E-state index contributed by atoms with van der Waals surface area (Å²) < 4.78 is 10.8. The molecule has 0 amide bonds. The molecule has 3 nitrogen and oxygen atoms in total. The van der Waals surface area contributed by atoms with Gasteiger partial charge in [-0.25, -0.2) is 0 Å². The van der Waals surface area contributed by atoms with Gasteiger partial charge in [-0.05, 0) is 54.7 Å².